The summed E-state index contributed by atoms with van der Waals surface area (Å²) in [5.41, 5.74) is 1.16. The minimum atomic E-state index is -0.812. The fourth-order valence-electron chi connectivity index (χ4n) is 2.20. The Bertz CT molecular complexity index is 925. The maximum Gasteiger partial charge on any atom is 0.339 e. The first-order valence-electron chi connectivity index (χ1n) is 8.48. The number of rotatable bonds is 7. The third-order valence-electron chi connectivity index (χ3n) is 3.55. The van der Waals surface area contributed by atoms with Gasteiger partial charge < -0.3 is 10.1 Å². The van der Waals surface area contributed by atoms with E-state index < -0.39 is 30.3 Å². The molecule has 0 atom stereocenters. The van der Waals surface area contributed by atoms with Gasteiger partial charge in [0.05, 0.1) is 5.57 Å². The molecule has 0 aromatic heterocycles. The van der Waals surface area contributed by atoms with Crippen LogP contribution in [0.3, 0.4) is 0 Å². The summed E-state index contributed by atoms with van der Waals surface area (Å²) in [5, 5.41) is 4.90. The van der Waals surface area contributed by atoms with Gasteiger partial charge in [-0.2, -0.15) is 0 Å². The van der Waals surface area contributed by atoms with Gasteiger partial charge in [-0.1, -0.05) is 41.9 Å². The molecule has 2 aromatic carbocycles. The average Bonchev–Trinajstić information content (AvgIpc) is 2.71. The SMILES string of the molecule is C=CCNC(=O)NC(=O)COC(=O)C(=Cc1ccc(Cl)cc1)c1ccc(F)cc1. The van der Waals surface area contributed by atoms with Crippen LogP contribution in [0.2, 0.25) is 5.02 Å². The van der Waals surface area contributed by atoms with Crippen LogP contribution in [-0.4, -0.2) is 31.1 Å². The van der Waals surface area contributed by atoms with Crippen LogP contribution in [0.15, 0.2) is 61.2 Å². The molecule has 0 saturated carbocycles. The molecule has 150 valence electrons. The highest BCUT2D eigenvalue weighted by Gasteiger charge is 2.17. The van der Waals surface area contributed by atoms with E-state index in [1.54, 1.807) is 24.3 Å². The van der Waals surface area contributed by atoms with E-state index in [9.17, 15) is 18.8 Å². The lowest BCUT2D eigenvalue weighted by molar-refractivity contribution is -0.142. The van der Waals surface area contributed by atoms with E-state index >= 15 is 0 Å². The van der Waals surface area contributed by atoms with Crippen LogP contribution in [0.5, 0.6) is 0 Å². The lowest BCUT2D eigenvalue weighted by Crippen LogP contribution is -2.41. The average molecular weight is 417 g/mol. The van der Waals surface area contributed by atoms with Gasteiger partial charge in [0, 0.05) is 11.6 Å². The highest BCUT2D eigenvalue weighted by molar-refractivity contribution is 6.30. The van der Waals surface area contributed by atoms with Crippen molar-refractivity contribution in [2.75, 3.05) is 13.2 Å². The number of imide groups is 1. The minimum Gasteiger partial charge on any atom is -0.452 e. The summed E-state index contributed by atoms with van der Waals surface area (Å²) in [4.78, 5) is 35.7. The van der Waals surface area contributed by atoms with E-state index in [2.05, 4.69) is 11.9 Å². The maximum absolute atomic E-state index is 13.2. The third-order valence-corrected chi connectivity index (χ3v) is 3.80. The van der Waals surface area contributed by atoms with Gasteiger partial charge in [-0.05, 0) is 41.5 Å². The number of hydrogen-bond donors (Lipinski definition) is 2. The predicted molar refractivity (Wildman–Crippen MR) is 108 cm³/mol. The molecule has 0 radical (unpaired) electrons. The number of halogens is 2. The zero-order valence-corrected chi connectivity index (χ0v) is 16.0. The topological polar surface area (TPSA) is 84.5 Å². The predicted octanol–water partition coefficient (Wildman–Crippen LogP) is 3.57. The Labute approximate surface area is 172 Å². The summed E-state index contributed by atoms with van der Waals surface area (Å²) in [6, 6.07) is 11.2. The van der Waals surface area contributed by atoms with Gasteiger partial charge in [0.1, 0.15) is 5.82 Å². The Hall–Kier alpha value is -3.45. The molecule has 0 aliphatic rings. The number of amides is 3. The molecule has 0 bridgehead atoms. The highest BCUT2D eigenvalue weighted by atomic mass is 35.5. The van der Waals surface area contributed by atoms with Crippen molar-refractivity contribution in [2.24, 2.45) is 0 Å². The number of hydrogen-bond acceptors (Lipinski definition) is 4. The van der Waals surface area contributed by atoms with Crippen molar-refractivity contribution in [1.82, 2.24) is 10.6 Å². The summed E-state index contributed by atoms with van der Waals surface area (Å²) in [5.74, 6) is -2.07. The molecule has 0 fully saturated rings. The lowest BCUT2D eigenvalue weighted by atomic mass is 10.0. The van der Waals surface area contributed by atoms with Crippen LogP contribution >= 0.6 is 11.6 Å². The van der Waals surface area contributed by atoms with Gasteiger partial charge in [-0.15, -0.1) is 6.58 Å². The quantitative estimate of drug-likeness (QED) is 0.313. The van der Waals surface area contributed by atoms with Gasteiger partial charge in [0.15, 0.2) is 6.61 Å². The second-order valence-electron chi connectivity index (χ2n) is 5.74. The molecule has 0 unspecified atom stereocenters. The summed E-state index contributed by atoms with van der Waals surface area (Å²) in [7, 11) is 0. The number of urea groups is 1. The zero-order chi connectivity index (χ0) is 21.2. The van der Waals surface area contributed by atoms with Gasteiger partial charge >= 0.3 is 12.0 Å². The van der Waals surface area contributed by atoms with Crippen LogP contribution in [0.4, 0.5) is 9.18 Å². The Morgan fingerprint density at radius 2 is 1.72 bits per heavy atom. The van der Waals surface area contributed by atoms with Gasteiger partial charge in [0.25, 0.3) is 5.91 Å². The number of carbonyl (C=O) groups is 3. The molecule has 0 saturated heterocycles. The fourth-order valence-corrected chi connectivity index (χ4v) is 2.32. The second-order valence-corrected chi connectivity index (χ2v) is 6.18. The maximum atomic E-state index is 13.2. The largest absolute Gasteiger partial charge is 0.452 e. The van der Waals surface area contributed by atoms with Crippen molar-refractivity contribution in [3.8, 4) is 0 Å². The molecule has 0 aliphatic heterocycles. The first-order chi connectivity index (χ1) is 13.9. The molecular formula is C21H18ClFN2O4. The van der Waals surface area contributed by atoms with Crippen molar-refractivity contribution in [2.45, 2.75) is 0 Å². The highest BCUT2D eigenvalue weighted by Crippen LogP contribution is 2.21. The fraction of sp³-hybridized carbons (Fsp3) is 0.0952. The van der Waals surface area contributed by atoms with E-state index in [0.29, 0.717) is 16.1 Å². The van der Waals surface area contributed by atoms with E-state index in [1.807, 2.05) is 5.32 Å². The molecule has 3 amide bonds. The van der Waals surface area contributed by atoms with Crippen LogP contribution in [0.1, 0.15) is 11.1 Å². The summed E-state index contributed by atoms with van der Waals surface area (Å²) >= 11 is 5.87. The van der Waals surface area contributed by atoms with Crippen LogP contribution < -0.4 is 10.6 Å². The summed E-state index contributed by atoms with van der Waals surface area (Å²) < 4.78 is 18.3. The molecule has 29 heavy (non-hydrogen) atoms. The smallest absolute Gasteiger partial charge is 0.339 e. The zero-order valence-electron chi connectivity index (χ0n) is 15.3. The molecule has 6 nitrogen and oxygen atoms in total. The van der Waals surface area contributed by atoms with Gasteiger partial charge in [-0.25, -0.2) is 14.0 Å². The van der Waals surface area contributed by atoms with Crippen LogP contribution in [0.25, 0.3) is 11.6 Å². The Balaban J connectivity index is 2.13. The Morgan fingerprint density at radius 1 is 1.07 bits per heavy atom. The second kappa shape index (κ2) is 10.8. The Morgan fingerprint density at radius 3 is 2.34 bits per heavy atom. The molecule has 2 aromatic rings. The number of benzene rings is 2. The van der Waals surface area contributed by atoms with Gasteiger partial charge in [-0.3, -0.25) is 10.1 Å². The van der Waals surface area contributed by atoms with Crippen molar-refractivity contribution in [1.29, 1.82) is 0 Å². The van der Waals surface area contributed by atoms with Crippen molar-refractivity contribution in [3.05, 3.63) is 83.2 Å². The molecule has 8 heteroatoms. The van der Waals surface area contributed by atoms with E-state index in [0.717, 1.165) is 0 Å². The number of esters is 1. The van der Waals surface area contributed by atoms with Crippen molar-refractivity contribution in [3.63, 3.8) is 0 Å². The molecule has 2 N–H and O–H groups in total. The first-order valence-corrected chi connectivity index (χ1v) is 8.85. The molecule has 2 rings (SSSR count). The summed E-state index contributed by atoms with van der Waals surface area (Å²) in [6.07, 6.45) is 2.97. The summed E-state index contributed by atoms with van der Waals surface area (Å²) in [6.45, 7) is 2.94. The molecule has 0 spiro atoms. The number of ether oxygens (including phenoxy) is 1. The first kappa shape index (κ1) is 21.8. The molecule has 0 aliphatic carbocycles. The van der Waals surface area contributed by atoms with E-state index in [1.165, 1.54) is 36.4 Å². The normalized spacial score (nSPS) is 10.8. The number of carbonyl (C=O) groups excluding carboxylic acids is 3. The van der Waals surface area contributed by atoms with Crippen LogP contribution in [-0.2, 0) is 14.3 Å². The van der Waals surface area contributed by atoms with Crippen molar-refractivity contribution < 1.29 is 23.5 Å². The van der Waals surface area contributed by atoms with Gasteiger partial charge in [0.2, 0.25) is 0 Å². The minimum absolute atomic E-state index is 0.108. The number of nitrogens with one attached hydrogen (secondary N) is 2. The van der Waals surface area contributed by atoms with Crippen LogP contribution in [0, 0.1) is 5.82 Å². The monoisotopic (exact) mass is 416 g/mol. The van der Waals surface area contributed by atoms with Crippen molar-refractivity contribution >= 4 is 41.2 Å². The van der Waals surface area contributed by atoms with E-state index in [-0.39, 0.29) is 12.1 Å². The molecule has 0 heterocycles. The Kier molecular flexibility index (Phi) is 8.12. The lowest BCUT2D eigenvalue weighted by Gasteiger charge is -2.10. The third kappa shape index (κ3) is 7.23. The standard InChI is InChI=1S/C21H18ClFN2O4/c1-2-11-24-21(28)25-19(26)13-29-20(27)18(15-5-9-17(23)10-6-15)12-14-3-7-16(22)8-4-14/h2-10,12H,1,11,13H2,(H2,24,25,26,28). The van der Waals surface area contributed by atoms with E-state index in [4.69, 9.17) is 16.3 Å². The molecular weight excluding hydrogens is 399 g/mol.